The zero-order valence-electron chi connectivity index (χ0n) is 19.1. The quantitative estimate of drug-likeness (QED) is 0.251. The lowest BCUT2D eigenvalue weighted by Gasteiger charge is -2.06. The molecule has 0 amide bonds. The lowest BCUT2D eigenvalue weighted by atomic mass is 9.98. The Labute approximate surface area is 202 Å². The molecule has 1 heteroatoms. The largest absolute Gasteiger partial charge is 0.308 e. The van der Waals surface area contributed by atoms with E-state index in [9.17, 15) is 0 Å². The van der Waals surface area contributed by atoms with Crippen LogP contribution in [0.1, 0.15) is 0 Å². The predicted molar refractivity (Wildman–Crippen MR) is 149 cm³/mol. The first kappa shape index (κ1) is 18.8. The van der Waals surface area contributed by atoms with Crippen LogP contribution in [0.5, 0.6) is 0 Å². The fourth-order valence-corrected chi connectivity index (χ4v) is 5.92. The van der Waals surface area contributed by atoms with Gasteiger partial charge in [-0.3, -0.25) is 0 Å². The summed E-state index contributed by atoms with van der Waals surface area (Å²) < 4.78 is 2.46. The van der Waals surface area contributed by atoms with Crippen molar-refractivity contribution >= 4 is 48.9 Å². The molecule has 0 aliphatic carbocycles. The van der Waals surface area contributed by atoms with Gasteiger partial charge in [0.05, 0.1) is 16.6 Å². The van der Waals surface area contributed by atoms with Crippen LogP contribution in [0.15, 0.2) is 127 Å². The zero-order chi connectivity index (χ0) is 22.9. The number of hydrogen-bond donors (Lipinski definition) is 0. The van der Waals surface area contributed by atoms with Crippen molar-refractivity contribution in [1.82, 2.24) is 4.40 Å². The number of rotatable bonds is 2. The van der Waals surface area contributed by atoms with Gasteiger partial charge in [0.1, 0.15) is 0 Å². The van der Waals surface area contributed by atoms with E-state index in [1.54, 1.807) is 0 Å². The smallest absolute Gasteiger partial charge is 0.0620 e. The molecule has 0 saturated carbocycles. The highest BCUT2D eigenvalue weighted by atomic mass is 14.9. The summed E-state index contributed by atoms with van der Waals surface area (Å²) in [6, 6.07) is 46.4. The van der Waals surface area contributed by atoms with E-state index in [0.717, 1.165) is 0 Å². The van der Waals surface area contributed by atoms with Crippen molar-refractivity contribution in [1.29, 1.82) is 0 Å². The van der Waals surface area contributed by atoms with Gasteiger partial charge in [-0.05, 0) is 51.2 Å². The minimum absolute atomic E-state index is 1.24. The monoisotopic (exact) mass is 443 g/mol. The van der Waals surface area contributed by atoms with Gasteiger partial charge in [-0.1, -0.05) is 109 Å². The van der Waals surface area contributed by atoms with Crippen molar-refractivity contribution < 1.29 is 0 Å². The SMILES string of the molecule is c1ccc(-c2ccc(-c3ccc4c(c3)c3cccc5c6c7ccccc7ccc6n4c35)cc2)cc1. The first-order chi connectivity index (χ1) is 17.4. The van der Waals surface area contributed by atoms with E-state index in [2.05, 4.69) is 132 Å². The Morgan fingerprint density at radius 2 is 1.00 bits per heavy atom. The number of hydrogen-bond acceptors (Lipinski definition) is 0. The minimum Gasteiger partial charge on any atom is -0.308 e. The normalized spacial score (nSPS) is 12.0. The highest BCUT2D eigenvalue weighted by Crippen LogP contribution is 2.42. The predicted octanol–water partition coefficient (Wildman–Crippen LogP) is 9.32. The van der Waals surface area contributed by atoms with Crippen molar-refractivity contribution in [3.63, 3.8) is 0 Å². The van der Waals surface area contributed by atoms with E-state index >= 15 is 0 Å². The number of nitrogens with zero attached hydrogens (tertiary/aromatic N) is 1. The molecule has 8 rings (SSSR count). The molecule has 2 heterocycles. The maximum Gasteiger partial charge on any atom is 0.0620 e. The highest BCUT2D eigenvalue weighted by molar-refractivity contribution is 6.28. The first-order valence-corrected chi connectivity index (χ1v) is 12.1. The molecular formula is C34H21N. The molecule has 0 fully saturated rings. The topological polar surface area (TPSA) is 4.41 Å². The van der Waals surface area contributed by atoms with Gasteiger partial charge in [0.25, 0.3) is 0 Å². The van der Waals surface area contributed by atoms with Crippen LogP contribution < -0.4 is 0 Å². The standard InChI is InChI=1S/C34H21N/c1-2-7-22(8-3-1)23-13-15-24(16-14-23)26-18-19-31-30(21-26)28-11-6-12-29-33-27-10-5-4-9-25(27)17-20-32(33)35(31)34(28)29/h1-21H. The van der Waals surface area contributed by atoms with Crippen LogP contribution >= 0.6 is 0 Å². The second-order valence-electron chi connectivity index (χ2n) is 9.39. The second-order valence-corrected chi connectivity index (χ2v) is 9.39. The van der Waals surface area contributed by atoms with Crippen LogP contribution in [-0.4, -0.2) is 4.40 Å². The van der Waals surface area contributed by atoms with Gasteiger partial charge >= 0.3 is 0 Å². The molecule has 1 nitrogen and oxygen atoms in total. The van der Waals surface area contributed by atoms with Crippen molar-refractivity contribution in [3.8, 4) is 22.3 Å². The van der Waals surface area contributed by atoms with Gasteiger partial charge in [-0.25, -0.2) is 0 Å². The third-order valence-corrected chi connectivity index (χ3v) is 7.53. The van der Waals surface area contributed by atoms with E-state index in [4.69, 9.17) is 0 Å². The molecule has 0 aliphatic rings. The molecule has 2 aromatic heterocycles. The molecule has 162 valence electrons. The molecule has 0 radical (unpaired) electrons. The summed E-state index contributed by atoms with van der Waals surface area (Å²) in [5.41, 5.74) is 8.86. The summed E-state index contributed by atoms with van der Waals surface area (Å²) in [6.45, 7) is 0. The maximum absolute atomic E-state index is 2.46. The molecular weight excluding hydrogens is 422 g/mol. The molecule has 0 aliphatic heterocycles. The van der Waals surface area contributed by atoms with Crippen molar-refractivity contribution in [2.75, 3.05) is 0 Å². The summed E-state index contributed by atoms with van der Waals surface area (Å²) in [7, 11) is 0. The Morgan fingerprint density at radius 3 is 1.86 bits per heavy atom. The van der Waals surface area contributed by atoms with E-state index in [1.807, 2.05) is 0 Å². The summed E-state index contributed by atoms with van der Waals surface area (Å²) in [5, 5.41) is 7.93. The van der Waals surface area contributed by atoms with E-state index in [-0.39, 0.29) is 0 Å². The Balaban J connectivity index is 1.37. The molecule has 35 heavy (non-hydrogen) atoms. The third kappa shape index (κ3) is 2.58. The lowest BCUT2D eigenvalue weighted by molar-refractivity contribution is 1.37. The molecule has 0 unspecified atom stereocenters. The van der Waals surface area contributed by atoms with Gasteiger partial charge in [0.15, 0.2) is 0 Å². The van der Waals surface area contributed by atoms with Crippen LogP contribution in [-0.2, 0) is 0 Å². The van der Waals surface area contributed by atoms with Crippen molar-refractivity contribution in [2.24, 2.45) is 0 Å². The summed E-state index contributed by atoms with van der Waals surface area (Å²) >= 11 is 0. The maximum atomic E-state index is 2.46. The molecule has 0 saturated heterocycles. The van der Waals surface area contributed by atoms with E-state index < -0.39 is 0 Å². The van der Waals surface area contributed by atoms with Crippen LogP contribution in [0, 0.1) is 0 Å². The number of para-hydroxylation sites is 1. The lowest BCUT2D eigenvalue weighted by Crippen LogP contribution is -1.83. The highest BCUT2D eigenvalue weighted by Gasteiger charge is 2.18. The zero-order valence-corrected chi connectivity index (χ0v) is 19.1. The third-order valence-electron chi connectivity index (χ3n) is 7.53. The van der Waals surface area contributed by atoms with Gasteiger partial charge in [0, 0.05) is 21.5 Å². The first-order valence-electron chi connectivity index (χ1n) is 12.1. The Bertz CT molecular complexity index is 2030. The summed E-state index contributed by atoms with van der Waals surface area (Å²) in [4.78, 5) is 0. The average Bonchev–Trinajstić information content (AvgIpc) is 3.45. The van der Waals surface area contributed by atoms with Gasteiger partial charge < -0.3 is 4.40 Å². The van der Waals surface area contributed by atoms with Crippen LogP contribution in [0.4, 0.5) is 0 Å². The van der Waals surface area contributed by atoms with Crippen molar-refractivity contribution in [3.05, 3.63) is 127 Å². The molecule has 0 bridgehead atoms. The second kappa shape index (κ2) is 6.94. The molecule has 0 atom stereocenters. The van der Waals surface area contributed by atoms with E-state index in [0.29, 0.717) is 0 Å². The fraction of sp³-hybridized carbons (Fsp3) is 0. The number of aromatic nitrogens is 1. The Morgan fingerprint density at radius 1 is 0.371 bits per heavy atom. The molecule has 6 aromatic carbocycles. The fourth-order valence-electron chi connectivity index (χ4n) is 5.92. The molecule has 0 N–H and O–H groups in total. The summed E-state index contributed by atoms with van der Waals surface area (Å²) in [6.07, 6.45) is 0. The van der Waals surface area contributed by atoms with Crippen LogP contribution in [0.2, 0.25) is 0 Å². The number of fused-ring (bicyclic) bond motifs is 8. The average molecular weight is 444 g/mol. The molecule has 8 aromatic rings. The van der Waals surface area contributed by atoms with Crippen LogP contribution in [0.3, 0.4) is 0 Å². The minimum atomic E-state index is 1.24. The Hall–Kier alpha value is -4.62. The van der Waals surface area contributed by atoms with Gasteiger partial charge in [0.2, 0.25) is 0 Å². The Kier molecular flexibility index (Phi) is 3.72. The van der Waals surface area contributed by atoms with Gasteiger partial charge in [-0.2, -0.15) is 0 Å². The van der Waals surface area contributed by atoms with Gasteiger partial charge in [-0.15, -0.1) is 0 Å². The van der Waals surface area contributed by atoms with Crippen LogP contribution in [0.25, 0.3) is 71.1 Å². The van der Waals surface area contributed by atoms with Crippen molar-refractivity contribution in [2.45, 2.75) is 0 Å². The number of benzene rings is 6. The molecule has 0 spiro atoms. The van der Waals surface area contributed by atoms with E-state index in [1.165, 1.54) is 71.1 Å². The summed E-state index contributed by atoms with van der Waals surface area (Å²) in [5.74, 6) is 0.